The lowest BCUT2D eigenvalue weighted by atomic mass is 10.1. The average Bonchev–Trinajstić information content (AvgIpc) is 2.73. The van der Waals surface area contributed by atoms with Crippen LogP contribution >= 0.6 is 38.9 Å². The van der Waals surface area contributed by atoms with Gasteiger partial charge in [0.15, 0.2) is 0 Å². The van der Waals surface area contributed by atoms with Gasteiger partial charge in [0.2, 0.25) is 0 Å². The van der Waals surface area contributed by atoms with Gasteiger partial charge in [-0.25, -0.2) is 4.79 Å². The van der Waals surface area contributed by atoms with Gasteiger partial charge in [0.25, 0.3) is 0 Å². The van der Waals surface area contributed by atoms with Crippen LogP contribution in [0.1, 0.15) is 0 Å². The summed E-state index contributed by atoms with van der Waals surface area (Å²) in [7, 11) is 0. The zero-order chi connectivity index (χ0) is 12.7. The summed E-state index contributed by atoms with van der Waals surface area (Å²) in [5, 5.41) is 2.77. The molecule has 0 aliphatic heterocycles. The molecule has 3 rings (SSSR count). The minimum absolute atomic E-state index is 0.377. The first kappa shape index (κ1) is 12.0. The molecule has 0 saturated carbocycles. The molecular weight excluding hydrogens is 336 g/mol. The second-order valence-electron chi connectivity index (χ2n) is 3.73. The molecule has 2 heterocycles. The Labute approximate surface area is 120 Å². The molecule has 0 atom stereocenters. The van der Waals surface area contributed by atoms with E-state index in [1.807, 2.05) is 23.6 Å². The highest BCUT2D eigenvalue weighted by atomic mass is 79.9. The van der Waals surface area contributed by atoms with E-state index in [1.165, 1.54) is 17.4 Å². The maximum absolute atomic E-state index is 11.6. The molecule has 3 aromatic rings. The Kier molecular flexibility index (Phi) is 3.01. The van der Waals surface area contributed by atoms with Gasteiger partial charge in [-0.3, -0.25) is 0 Å². The lowest BCUT2D eigenvalue weighted by molar-refractivity contribution is 0.561. The van der Waals surface area contributed by atoms with Gasteiger partial charge in [-0.2, -0.15) is 0 Å². The second-order valence-corrected chi connectivity index (χ2v) is 6.16. The molecular formula is C13H6BrClO2S. The molecule has 0 unspecified atom stereocenters. The fourth-order valence-corrected chi connectivity index (χ4v) is 3.13. The third-order valence-electron chi connectivity index (χ3n) is 2.61. The second kappa shape index (κ2) is 4.53. The van der Waals surface area contributed by atoms with E-state index in [0.717, 1.165) is 21.0 Å². The van der Waals surface area contributed by atoms with E-state index in [1.54, 1.807) is 6.07 Å². The lowest BCUT2D eigenvalue weighted by Crippen LogP contribution is -1.97. The zero-order valence-electron chi connectivity index (χ0n) is 8.94. The van der Waals surface area contributed by atoms with Crippen molar-refractivity contribution in [3.05, 3.63) is 54.9 Å². The van der Waals surface area contributed by atoms with E-state index in [4.69, 9.17) is 16.0 Å². The normalized spacial score (nSPS) is 11.0. The van der Waals surface area contributed by atoms with Crippen molar-refractivity contribution in [3.63, 3.8) is 0 Å². The molecule has 0 fully saturated rings. The highest BCUT2D eigenvalue weighted by Crippen LogP contribution is 2.36. The fourth-order valence-electron chi connectivity index (χ4n) is 1.85. The fraction of sp³-hybridized carbons (Fsp3) is 0. The molecule has 1 aromatic carbocycles. The van der Waals surface area contributed by atoms with E-state index in [0.29, 0.717) is 9.92 Å². The predicted octanol–water partition coefficient (Wildman–Crippen LogP) is 4.94. The Morgan fingerprint density at radius 3 is 2.72 bits per heavy atom. The van der Waals surface area contributed by atoms with Crippen LogP contribution in [0, 0.1) is 0 Å². The molecule has 0 aliphatic carbocycles. The van der Waals surface area contributed by atoms with Gasteiger partial charge >= 0.3 is 5.63 Å². The summed E-state index contributed by atoms with van der Waals surface area (Å²) in [5.74, 6) is 0. The highest BCUT2D eigenvalue weighted by molar-refractivity contribution is 9.10. The zero-order valence-corrected chi connectivity index (χ0v) is 12.1. The van der Waals surface area contributed by atoms with Crippen LogP contribution < -0.4 is 5.63 Å². The van der Waals surface area contributed by atoms with Gasteiger partial charge in [0.05, 0.1) is 0 Å². The van der Waals surface area contributed by atoms with Gasteiger partial charge in [-0.05, 0) is 29.6 Å². The van der Waals surface area contributed by atoms with Crippen molar-refractivity contribution in [2.45, 2.75) is 0 Å². The SMILES string of the molecule is O=c1cc(-c2ccsc2Cl)c2ccc(Br)cc2o1. The molecule has 90 valence electrons. The molecule has 0 saturated heterocycles. The molecule has 0 amide bonds. The predicted molar refractivity (Wildman–Crippen MR) is 78.5 cm³/mol. The van der Waals surface area contributed by atoms with E-state index >= 15 is 0 Å². The standard InChI is InChI=1S/C13H6BrClO2S/c14-7-1-2-8-10(9-3-4-18-13(9)15)6-12(16)17-11(8)5-7/h1-6H. The topological polar surface area (TPSA) is 30.2 Å². The van der Waals surface area contributed by atoms with Crippen molar-refractivity contribution < 1.29 is 4.42 Å². The largest absolute Gasteiger partial charge is 0.423 e. The third-order valence-corrected chi connectivity index (χ3v) is 4.28. The number of fused-ring (bicyclic) bond motifs is 1. The molecule has 2 nitrogen and oxygen atoms in total. The minimum Gasteiger partial charge on any atom is -0.423 e. The summed E-state index contributed by atoms with van der Waals surface area (Å²) < 4.78 is 6.73. The third kappa shape index (κ3) is 2.00. The van der Waals surface area contributed by atoms with Crippen molar-refractivity contribution in [2.24, 2.45) is 0 Å². The van der Waals surface area contributed by atoms with E-state index in [-0.39, 0.29) is 5.63 Å². The lowest BCUT2D eigenvalue weighted by Gasteiger charge is -2.04. The van der Waals surface area contributed by atoms with Crippen molar-refractivity contribution in [2.75, 3.05) is 0 Å². The van der Waals surface area contributed by atoms with Crippen LogP contribution in [0.15, 0.2) is 49.4 Å². The van der Waals surface area contributed by atoms with Crippen molar-refractivity contribution >= 4 is 49.8 Å². The average molecular weight is 342 g/mol. The van der Waals surface area contributed by atoms with Crippen molar-refractivity contribution in [1.82, 2.24) is 0 Å². The number of thiophene rings is 1. The van der Waals surface area contributed by atoms with Crippen LogP contribution in [0.4, 0.5) is 0 Å². The van der Waals surface area contributed by atoms with Gasteiger partial charge < -0.3 is 4.42 Å². The smallest absolute Gasteiger partial charge is 0.336 e. The van der Waals surface area contributed by atoms with Crippen LogP contribution in [0.3, 0.4) is 0 Å². The van der Waals surface area contributed by atoms with Gasteiger partial charge in [0, 0.05) is 27.1 Å². The summed E-state index contributed by atoms with van der Waals surface area (Å²) in [6.45, 7) is 0. The number of halogens is 2. The first-order valence-corrected chi connectivity index (χ1v) is 7.17. The molecule has 0 N–H and O–H groups in total. The number of hydrogen-bond acceptors (Lipinski definition) is 3. The highest BCUT2D eigenvalue weighted by Gasteiger charge is 2.11. The van der Waals surface area contributed by atoms with Crippen LogP contribution in [-0.4, -0.2) is 0 Å². The van der Waals surface area contributed by atoms with Crippen LogP contribution in [0.5, 0.6) is 0 Å². The summed E-state index contributed by atoms with van der Waals surface area (Å²) in [5.41, 5.74) is 1.84. The van der Waals surface area contributed by atoms with Gasteiger partial charge in [-0.1, -0.05) is 27.5 Å². The molecule has 18 heavy (non-hydrogen) atoms. The molecule has 0 bridgehead atoms. The van der Waals surface area contributed by atoms with E-state index in [2.05, 4.69) is 15.9 Å². The molecule has 0 radical (unpaired) electrons. The van der Waals surface area contributed by atoms with E-state index < -0.39 is 0 Å². The van der Waals surface area contributed by atoms with Gasteiger partial charge in [-0.15, -0.1) is 11.3 Å². The van der Waals surface area contributed by atoms with Gasteiger partial charge in [0.1, 0.15) is 9.92 Å². The summed E-state index contributed by atoms with van der Waals surface area (Å²) in [6, 6.07) is 8.98. The van der Waals surface area contributed by atoms with Crippen LogP contribution in [0.25, 0.3) is 22.1 Å². The number of rotatable bonds is 1. The molecule has 5 heteroatoms. The Bertz CT molecular complexity index is 791. The Hall–Kier alpha value is -1.10. The maximum Gasteiger partial charge on any atom is 0.336 e. The van der Waals surface area contributed by atoms with Crippen LogP contribution in [-0.2, 0) is 0 Å². The Balaban J connectivity index is 2.42. The molecule has 0 spiro atoms. The summed E-state index contributed by atoms with van der Waals surface area (Å²) in [6.07, 6.45) is 0. The Morgan fingerprint density at radius 1 is 1.17 bits per heavy atom. The quantitative estimate of drug-likeness (QED) is 0.587. The maximum atomic E-state index is 11.6. The Morgan fingerprint density at radius 2 is 2.00 bits per heavy atom. The first-order chi connectivity index (χ1) is 8.65. The van der Waals surface area contributed by atoms with Crippen LogP contribution in [0.2, 0.25) is 4.34 Å². The molecule has 2 aromatic heterocycles. The summed E-state index contributed by atoms with van der Waals surface area (Å²) in [4.78, 5) is 11.6. The molecule has 0 aliphatic rings. The number of benzene rings is 1. The monoisotopic (exact) mass is 340 g/mol. The first-order valence-electron chi connectivity index (χ1n) is 5.12. The van der Waals surface area contributed by atoms with E-state index in [9.17, 15) is 4.79 Å². The van der Waals surface area contributed by atoms with Crippen molar-refractivity contribution in [1.29, 1.82) is 0 Å². The minimum atomic E-state index is -0.377. The number of hydrogen-bond donors (Lipinski definition) is 0. The van der Waals surface area contributed by atoms with Crippen molar-refractivity contribution in [3.8, 4) is 11.1 Å². The summed E-state index contributed by atoms with van der Waals surface area (Å²) >= 11 is 10.9.